The molecule has 1 atom stereocenters. The number of amides is 2. The Labute approximate surface area is 176 Å². The number of nitro groups is 1. The molecule has 0 N–H and O–H groups in total. The second-order valence-electron chi connectivity index (χ2n) is 6.43. The SMILES string of the molecule is CC[C@@H](C)N1C(=O)S/C(=C/c2ccc(Oc3ccc([N+](=O)[O-])cn3)c(OC)c2)C1=O. The molecule has 30 heavy (non-hydrogen) atoms. The summed E-state index contributed by atoms with van der Waals surface area (Å²) >= 11 is 0.906. The van der Waals surface area contributed by atoms with Gasteiger partial charge in [-0.2, -0.15) is 0 Å². The highest BCUT2D eigenvalue weighted by Gasteiger charge is 2.37. The van der Waals surface area contributed by atoms with E-state index in [1.807, 2.05) is 13.8 Å². The lowest BCUT2D eigenvalue weighted by atomic mass is 10.1. The third-order valence-electron chi connectivity index (χ3n) is 4.49. The van der Waals surface area contributed by atoms with Crippen molar-refractivity contribution in [1.82, 2.24) is 9.88 Å². The summed E-state index contributed by atoms with van der Waals surface area (Å²) in [5, 5.41) is 10.4. The van der Waals surface area contributed by atoms with Crippen molar-refractivity contribution in [2.45, 2.75) is 26.3 Å². The third-order valence-corrected chi connectivity index (χ3v) is 5.37. The zero-order chi connectivity index (χ0) is 21.8. The Kier molecular flexibility index (Phi) is 6.36. The van der Waals surface area contributed by atoms with Crippen molar-refractivity contribution < 1.29 is 24.0 Å². The topological polar surface area (TPSA) is 112 Å². The van der Waals surface area contributed by atoms with Crippen LogP contribution in [-0.2, 0) is 4.79 Å². The van der Waals surface area contributed by atoms with Gasteiger partial charge in [-0.25, -0.2) is 4.98 Å². The smallest absolute Gasteiger partial charge is 0.293 e. The van der Waals surface area contributed by atoms with Gasteiger partial charge in [0.05, 0.1) is 16.9 Å². The molecule has 0 saturated carbocycles. The van der Waals surface area contributed by atoms with Gasteiger partial charge in [-0.1, -0.05) is 13.0 Å². The molecule has 1 aliphatic rings. The molecule has 2 amide bonds. The number of carbonyl (C=O) groups excluding carboxylic acids is 2. The zero-order valence-electron chi connectivity index (χ0n) is 16.5. The van der Waals surface area contributed by atoms with Crippen molar-refractivity contribution in [3.8, 4) is 17.4 Å². The Morgan fingerprint density at radius 1 is 1.27 bits per heavy atom. The van der Waals surface area contributed by atoms with Crippen LogP contribution in [0.3, 0.4) is 0 Å². The highest BCUT2D eigenvalue weighted by molar-refractivity contribution is 8.18. The third kappa shape index (κ3) is 4.43. The van der Waals surface area contributed by atoms with Gasteiger partial charge in [0.1, 0.15) is 6.20 Å². The number of imide groups is 1. The lowest BCUT2D eigenvalue weighted by molar-refractivity contribution is -0.385. The van der Waals surface area contributed by atoms with Gasteiger partial charge in [0, 0.05) is 18.2 Å². The normalized spacial score (nSPS) is 16.1. The fourth-order valence-corrected chi connectivity index (χ4v) is 3.64. The highest BCUT2D eigenvalue weighted by atomic mass is 32.2. The van der Waals surface area contributed by atoms with E-state index in [0.717, 1.165) is 18.0 Å². The Morgan fingerprint density at radius 2 is 2.03 bits per heavy atom. The van der Waals surface area contributed by atoms with Gasteiger partial charge >= 0.3 is 0 Å². The van der Waals surface area contributed by atoms with Crippen LogP contribution >= 0.6 is 11.8 Å². The van der Waals surface area contributed by atoms with Crippen molar-refractivity contribution in [3.05, 3.63) is 57.1 Å². The minimum Gasteiger partial charge on any atom is -0.493 e. The Hall–Kier alpha value is -3.40. The number of aromatic nitrogens is 1. The molecule has 0 aliphatic carbocycles. The number of rotatable bonds is 7. The van der Waals surface area contributed by atoms with Crippen LogP contribution in [0, 0.1) is 10.1 Å². The van der Waals surface area contributed by atoms with E-state index < -0.39 is 4.92 Å². The molecule has 0 unspecified atom stereocenters. The summed E-state index contributed by atoms with van der Waals surface area (Å²) in [6.45, 7) is 3.75. The second-order valence-corrected chi connectivity index (χ2v) is 7.43. The molecule has 0 spiro atoms. The lowest BCUT2D eigenvalue weighted by Gasteiger charge is -2.19. The standard InChI is InChI=1S/C20H19N3O6S/c1-4-12(2)22-19(24)17(30-20(22)25)10-13-5-7-15(16(9-13)28-3)29-18-8-6-14(11-21-18)23(26)27/h5-12H,4H2,1-3H3/b17-10+/t12-/m1/s1. The van der Waals surface area contributed by atoms with Crippen molar-refractivity contribution in [2.24, 2.45) is 0 Å². The molecule has 1 aromatic heterocycles. The monoisotopic (exact) mass is 429 g/mol. The van der Waals surface area contributed by atoms with Gasteiger partial charge in [0.15, 0.2) is 11.5 Å². The summed E-state index contributed by atoms with van der Waals surface area (Å²) in [7, 11) is 1.46. The number of benzene rings is 1. The molecular formula is C20H19N3O6S. The van der Waals surface area contributed by atoms with E-state index in [9.17, 15) is 19.7 Å². The molecule has 0 radical (unpaired) electrons. The number of methoxy groups -OCH3 is 1. The summed E-state index contributed by atoms with van der Waals surface area (Å²) in [5.41, 5.74) is 0.515. The fourth-order valence-electron chi connectivity index (χ4n) is 2.71. The summed E-state index contributed by atoms with van der Waals surface area (Å²) in [6, 6.07) is 7.51. The fraction of sp³-hybridized carbons (Fsp3) is 0.250. The minimum atomic E-state index is -0.547. The predicted molar refractivity (Wildman–Crippen MR) is 112 cm³/mol. The molecule has 1 aromatic carbocycles. The van der Waals surface area contributed by atoms with Crippen molar-refractivity contribution in [3.63, 3.8) is 0 Å². The predicted octanol–water partition coefficient (Wildman–Crippen LogP) is 4.63. The van der Waals surface area contributed by atoms with Gasteiger partial charge in [0.25, 0.3) is 16.8 Å². The van der Waals surface area contributed by atoms with Crippen molar-refractivity contribution in [1.29, 1.82) is 0 Å². The molecule has 3 rings (SSSR count). The maximum Gasteiger partial charge on any atom is 0.293 e. The van der Waals surface area contributed by atoms with Crippen LogP contribution in [-0.4, -0.2) is 39.1 Å². The summed E-state index contributed by atoms with van der Waals surface area (Å²) in [4.78, 5) is 40.4. The number of ether oxygens (including phenoxy) is 2. The van der Waals surface area contributed by atoms with Crippen LogP contribution in [0.5, 0.6) is 17.4 Å². The molecule has 9 nitrogen and oxygen atoms in total. The summed E-state index contributed by atoms with van der Waals surface area (Å²) < 4.78 is 11.0. The molecule has 1 fully saturated rings. The van der Waals surface area contributed by atoms with Crippen LogP contribution in [0.4, 0.5) is 10.5 Å². The second kappa shape index (κ2) is 8.95. The van der Waals surface area contributed by atoms with E-state index in [1.165, 1.54) is 24.1 Å². The van der Waals surface area contributed by atoms with Crippen molar-refractivity contribution >= 4 is 34.7 Å². The van der Waals surface area contributed by atoms with Gasteiger partial charge < -0.3 is 9.47 Å². The van der Waals surface area contributed by atoms with Crippen LogP contribution in [0.25, 0.3) is 6.08 Å². The molecule has 2 heterocycles. The largest absolute Gasteiger partial charge is 0.493 e. The molecule has 156 valence electrons. The maximum absolute atomic E-state index is 12.6. The van der Waals surface area contributed by atoms with Crippen LogP contribution < -0.4 is 9.47 Å². The highest BCUT2D eigenvalue weighted by Crippen LogP contribution is 2.36. The molecule has 0 bridgehead atoms. The molecular weight excluding hydrogens is 410 g/mol. The maximum atomic E-state index is 12.6. The lowest BCUT2D eigenvalue weighted by Crippen LogP contribution is -2.36. The van der Waals surface area contributed by atoms with E-state index in [1.54, 1.807) is 24.3 Å². The van der Waals surface area contributed by atoms with E-state index in [2.05, 4.69) is 4.98 Å². The molecule has 1 aliphatic heterocycles. The zero-order valence-corrected chi connectivity index (χ0v) is 17.3. The van der Waals surface area contributed by atoms with Gasteiger partial charge in [-0.15, -0.1) is 0 Å². The first-order valence-electron chi connectivity index (χ1n) is 9.07. The first-order chi connectivity index (χ1) is 14.3. The van der Waals surface area contributed by atoms with E-state index in [-0.39, 0.29) is 28.8 Å². The minimum absolute atomic E-state index is 0.143. The van der Waals surface area contributed by atoms with E-state index in [4.69, 9.17) is 9.47 Å². The number of nitrogens with zero attached hydrogens (tertiary/aromatic N) is 3. The van der Waals surface area contributed by atoms with Gasteiger partial charge in [0.2, 0.25) is 5.88 Å². The summed E-state index contributed by atoms with van der Waals surface area (Å²) in [6.07, 6.45) is 3.41. The first-order valence-corrected chi connectivity index (χ1v) is 9.89. The molecule has 10 heteroatoms. The molecule has 1 saturated heterocycles. The quantitative estimate of drug-likeness (QED) is 0.356. The van der Waals surface area contributed by atoms with Crippen molar-refractivity contribution in [2.75, 3.05) is 7.11 Å². The van der Waals surface area contributed by atoms with E-state index >= 15 is 0 Å². The number of carbonyl (C=O) groups is 2. The van der Waals surface area contributed by atoms with E-state index in [0.29, 0.717) is 28.4 Å². The average molecular weight is 429 g/mol. The Bertz CT molecular complexity index is 1020. The number of thioether (sulfide) groups is 1. The van der Waals surface area contributed by atoms with Gasteiger partial charge in [-0.05, 0) is 48.9 Å². The summed E-state index contributed by atoms with van der Waals surface area (Å²) in [5.74, 6) is 0.587. The van der Waals surface area contributed by atoms with Gasteiger partial charge in [-0.3, -0.25) is 24.6 Å². The number of pyridine rings is 1. The Morgan fingerprint density at radius 3 is 2.63 bits per heavy atom. The number of hydrogen-bond donors (Lipinski definition) is 0. The Balaban J connectivity index is 1.82. The molecule has 2 aromatic rings. The average Bonchev–Trinajstić information content (AvgIpc) is 3.01. The van der Waals surface area contributed by atoms with Crippen LogP contribution in [0.1, 0.15) is 25.8 Å². The van der Waals surface area contributed by atoms with Crippen LogP contribution in [0.15, 0.2) is 41.4 Å². The number of hydrogen-bond acceptors (Lipinski definition) is 8. The first kappa shape index (κ1) is 21.3. The van der Waals surface area contributed by atoms with Crippen LogP contribution in [0.2, 0.25) is 0 Å².